The van der Waals surface area contributed by atoms with Gasteiger partial charge in [-0.2, -0.15) is 5.10 Å². The number of aryl methyl sites for hydroxylation is 1. The van der Waals surface area contributed by atoms with Crippen LogP contribution in [0, 0.1) is 6.92 Å². The van der Waals surface area contributed by atoms with Crippen LogP contribution in [-0.4, -0.2) is 45.9 Å². The van der Waals surface area contributed by atoms with Gasteiger partial charge in [0.05, 0.1) is 29.8 Å². The van der Waals surface area contributed by atoms with Gasteiger partial charge in [0.15, 0.2) is 0 Å². The number of ether oxygens (including phenoxy) is 1. The fraction of sp³-hybridized carbons (Fsp3) is 0.500. The lowest BCUT2D eigenvalue weighted by Crippen LogP contribution is -2.52. The van der Waals surface area contributed by atoms with Gasteiger partial charge in [-0.1, -0.05) is 18.2 Å². The number of rotatable bonds is 2. The molecule has 2 unspecified atom stereocenters. The molecule has 24 heavy (non-hydrogen) atoms. The molecule has 1 aromatic carbocycles. The van der Waals surface area contributed by atoms with Crippen LogP contribution in [0.3, 0.4) is 0 Å². The van der Waals surface area contributed by atoms with Crippen molar-refractivity contribution in [1.82, 2.24) is 14.7 Å². The van der Waals surface area contributed by atoms with Crippen LogP contribution in [0.2, 0.25) is 0 Å². The Bertz CT molecular complexity index is 845. The average Bonchev–Trinajstić information content (AvgIpc) is 3.08. The standard InChI is InChI=1S/C18H21N3O3/c1-12-13-5-2-3-6-14(13)18(23)21(19-12)11-17(22)20-9-10-24-16-8-4-7-15(16)20/h2-3,5-6,15-16H,4,7-11H2,1H3. The number of carbonyl (C=O) groups is 1. The minimum atomic E-state index is -0.208. The van der Waals surface area contributed by atoms with Gasteiger partial charge in [-0.3, -0.25) is 9.59 Å². The number of hydrogen-bond acceptors (Lipinski definition) is 4. The molecule has 0 radical (unpaired) electrons. The van der Waals surface area contributed by atoms with Crippen molar-refractivity contribution in [2.75, 3.05) is 13.2 Å². The molecule has 0 spiro atoms. The van der Waals surface area contributed by atoms with Crippen LogP contribution in [0.4, 0.5) is 0 Å². The van der Waals surface area contributed by atoms with Gasteiger partial charge in [0, 0.05) is 11.9 Å². The van der Waals surface area contributed by atoms with Gasteiger partial charge in [-0.05, 0) is 32.3 Å². The van der Waals surface area contributed by atoms with Crippen LogP contribution in [0.15, 0.2) is 29.1 Å². The molecule has 1 saturated heterocycles. The van der Waals surface area contributed by atoms with Crippen LogP contribution in [0.25, 0.3) is 10.8 Å². The number of amides is 1. The predicted octanol–water partition coefficient (Wildman–Crippen LogP) is 1.48. The Morgan fingerprint density at radius 2 is 2.08 bits per heavy atom. The molecule has 1 aliphatic carbocycles. The first-order valence-electron chi connectivity index (χ1n) is 8.52. The summed E-state index contributed by atoms with van der Waals surface area (Å²) in [7, 11) is 0. The summed E-state index contributed by atoms with van der Waals surface area (Å²) in [4.78, 5) is 27.3. The van der Waals surface area contributed by atoms with E-state index < -0.39 is 0 Å². The van der Waals surface area contributed by atoms with Crippen LogP contribution >= 0.6 is 0 Å². The number of hydrogen-bond donors (Lipinski definition) is 0. The molecule has 126 valence electrons. The Kier molecular flexibility index (Phi) is 3.84. The molecule has 2 fully saturated rings. The van der Waals surface area contributed by atoms with Crippen molar-refractivity contribution in [1.29, 1.82) is 0 Å². The van der Waals surface area contributed by atoms with Crippen molar-refractivity contribution in [3.63, 3.8) is 0 Å². The molecule has 2 aliphatic rings. The Hall–Kier alpha value is -2.21. The maximum atomic E-state index is 12.8. The van der Waals surface area contributed by atoms with Gasteiger partial charge < -0.3 is 9.64 Å². The third kappa shape index (κ3) is 2.51. The maximum absolute atomic E-state index is 12.8. The fourth-order valence-electron chi connectivity index (χ4n) is 3.97. The van der Waals surface area contributed by atoms with Crippen molar-refractivity contribution in [2.45, 2.75) is 44.9 Å². The molecule has 0 N–H and O–H groups in total. The van der Waals surface area contributed by atoms with E-state index in [0.29, 0.717) is 18.5 Å². The number of aromatic nitrogens is 2. The number of fused-ring (bicyclic) bond motifs is 2. The first kappa shape index (κ1) is 15.3. The minimum Gasteiger partial charge on any atom is -0.374 e. The summed E-state index contributed by atoms with van der Waals surface area (Å²) in [5, 5.41) is 5.80. The number of carbonyl (C=O) groups excluding carboxylic acids is 1. The highest BCUT2D eigenvalue weighted by Gasteiger charge is 2.38. The zero-order chi connectivity index (χ0) is 16.7. The molecule has 2 atom stereocenters. The van der Waals surface area contributed by atoms with Gasteiger partial charge in [0.2, 0.25) is 5.91 Å². The Labute approximate surface area is 140 Å². The Balaban J connectivity index is 1.63. The van der Waals surface area contributed by atoms with Gasteiger partial charge in [-0.25, -0.2) is 4.68 Å². The van der Waals surface area contributed by atoms with Crippen molar-refractivity contribution < 1.29 is 9.53 Å². The van der Waals surface area contributed by atoms with Crippen LogP contribution in [-0.2, 0) is 16.1 Å². The maximum Gasteiger partial charge on any atom is 0.275 e. The van der Waals surface area contributed by atoms with Crippen LogP contribution < -0.4 is 5.56 Å². The highest BCUT2D eigenvalue weighted by Crippen LogP contribution is 2.29. The Morgan fingerprint density at radius 3 is 2.92 bits per heavy atom. The quantitative estimate of drug-likeness (QED) is 0.838. The topological polar surface area (TPSA) is 64.4 Å². The van der Waals surface area contributed by atoms with Crippen LogP contribution in [0.5, 0.6) is 0 Å². The molecule has 1 saturated carbocycles. The zero-order valence-corrected chi connectivity index (χ0v) is 13.8. The van der Waals surface area contributed by atoms with Gasteiger partial charge >= 0.3 is 0 Å². The summed E-state index contributed by atoms with van der Waals surface area (Å²) in [6.45, 7) is 3.03. The molecule has 1 amide bonds. The highest BCUT2D eigenvalue weighted by molar-refractivity contribution is 5.83. The highest BCUT2D eigenvalue weighted by atomic mass is 16.5. The smallest absolute Gasteiger partial charge is 0.275 e. The second-order valence-corrected chi connectivity index (χ2v) is 6.59. The van der Waals surface area contributed by atoms with Gasteiger partial charge in [0.25, 0.3) is 5.56 Å². The molecule has 6 heteroatoms. The Morgan fingerprint density at radius 1 is 1.29 bits per heavy atom. The van der Waals surface area contributed by atoms with Gasteiger partial charge in [-0.15, -0.1) is 0 Å². The molecule has 0 bridgehead atoms. The third-order valence-electron chi connectivity index (χ3n) is 5.14. The summed E-state index contributed by atoms with van der Waals surface area (Å²) in [5.41, 5.74) is 0.555. The van der Waals surface area contributed by atoms with Crippen molar-refractivity contribution in [3.05, 3.63) is 40.3 Å². The molecule has 2 heterocycles. The minimum absolute atomic E-state index is 0.00622. The summed E-state index contributed by atoms with van der Waals surface area (Å²) in [6.07, 6.45) is 3.24. The number of nitrogens with zero attached hydrogens (tertiary/aromatic N) is 3. The fourth-order valence-corrected chi connectivity index (χ4v) is 3.97. The van der Waals surface area contributed by atoms with Crippen molar-refractivity contribution >= 4 is 16.7 Å². The van der Waals surface area contributed by atoms with E-state index in [2.05, 4.69) is 5.10 Å². The monoisotopic (exact) mass is 327 g/mol. The summed E-state index contributed by atoms with van der Waals surface area (Å²) < 4.78 is 7.06. The zero-order valence-electron chi connectivity index (χ0n) is 13.8. The molecule has 6 nitrogen and oxygen atoms in total. The lowest BCUT2D eigenvalue weighted by atomic mass is 10.1. The normalized spacial score (nSPS) is 23.5. The second-order valence-electron chi connectivity index (χ2n) is 6.59. The summed E-state index contributed by atoms with van der Waals surface area (Å²) in [5.74, 6) is -0.0421. The lowest BCUT2D eigenvalue weighted by molar-refractivity contribution is -0.144. The number of benzene rings is 1. The van der Waals surface area contributed by atoms with Crippen LogP contribution in [0.1, 0.15) is 25.0 Å². The van der Waals surface area contributed by atoms with E-state index >= 15 is 0 Å². The summed E-state index contributed by atoms with van der Waals surface area (Å²) in [6, 6.07) is 7.55. The molecule has 4 rings (SSSR count). The van der Waals surface area contributed by atoms with E-state index in [9.17, 15) is 9.59 Å². The van der Waals surface area contributed by atoms with E-state index in [1.807, 2.05) is 30.0 Å². The molecule has 2 aromatic rings. The predicted molar refractivity (Wildman–Crippen MR) is 89.8 cm³/mol. The van der Waals surface area contributed by atoms with E-state index in [1.165, 1.54) is 4.68 Å². The molecular formula is C18H21N3O3. The van der Waals surface area contributed by atoms with E-state index in [-0.39, 0.29) is 30.2 Å². The SMILES string of the molecule is Cc1nn(CC(=O)N2CCOC3CCCC32)c(=O)c2ccccc12. The molecular weight excluding hydrogens is 306 g/mol. The second kappa shape index (κ2) is 6.02. The largest absolute Gasteiger partial charge is 0.374 e. The molecule has 1 aliphatic heterocycles. The first-order valence-corrected chi connectivity index (χ1v) is 8.52. The lowest BCUT2D eigenvalue weighted by Gasteiger charge is -2.37. The first-order chi connectivity index (χ1) is 11.6. The summed E-state index contributed by atoms with van der Waals surface area (Å²) >= 11 is 0. The van der Waals surface area contributed by atoms with E-state index in [4.69, 9.17) is 4.74 Å². The third-order valence-corrected chi connectivity index (χ3v) is 5.14. The van der Waals surface area contributed by atoms with Gasteiger partial charge in [0.1, 0.15) is 6.54 Å². The van der Waals surface area contributed by atoms with Crippen molar-refractivity contribution in [3.8, 4) is 0 Å². The van der Waals surface area contributed by atoms with E-state index in [1.54, 1.807) is 6.07 Å². The van der Waals surface area contributed by atoms with E-state index in [0.717, 1.165) is 30.3 Å². The molecule has 1 aromatic heterocycles. The number of morpholine rings is 1. The van der Waals surface area contributed by atoms with Crippen molar-refractivity contribution in [2.24, 2.45) is 0 Å². The average molecular weight is 327 g/mol.